The Morgan fingerprint density at radius 3 is 2.41 bits per heavy atom. The van der Waals surface area contributed by atoms with Gasteiger partial charge in [0.25, 0.3) is 0 Å². The zero-order valence-corrected chi connectivity index (χ0v) is 9.72. The number of aliphatic hydroxyl groups excluding tert-OH is 1. The van der Waals surface area contributed by atoms with Crippen LogP contribution in [0.2, 0.25) is 0 Å². The van der Waals surface area contributed by atoms with E-state index in [4.69, 9.17) is 10.2 Å². The fourth-order valence-electron chi connectivity index (χ4n) is 1.14. The van der Waals surface area contributed by atoms with E-state index in [1.165, 1.54) is 12.1 Å². The molecule has 0 bridgehead atoms. The van der Waals surface area contributed by atoms with Crippen molar-refractivity contribution in [1.29, 1.82) is 0 Å². The van der Waals surface area contributed by atoms with Crippen molar-refractivity contribution in [3.8, 4) is 0 Å². The summed E-state index contributed by atoms with van der Waals surface area (Å²) in [7, 11) is -3.64. The Balaban J connectivity index is 2.55. The lowest BCUT2D eigenvalue weighted by molar-refractivity contribution is -0.146. The number of aliphatic carboxylic acids is 1. The predicted molar refractivity (Wildman–Crippen MR) is 59.9 cm³/mol. The van der Waals surface area contributed by atoms with Crippen LogP contribution in [0.4, 0.5) is 0 Å². The third-order valence-electron chi connectivity index (χ3n) is 2.05. The fourth-order valence-corrected chi connectivity index (χ4v) is 2.21. The third kappa shape index (κ3) is 4.14. The molecule has 3 N–H and O–H groups in total. The molecule has 0 fully saturated rings. The Labute approximate surface area is 99.0 Å². The van der Waals surface area contributed by atoms with Crippen LogP contribution in [0.3, 0.4) is 0 Å². The Kier molecular flexibility index (Phi) is 4.62. The van der Waals surface area contributed by atoms with Gasteiger partial charge in [-0.15, -0.1) is 0 Å². The van der Waals surface area contributed by atoms with E-state index >= 15 is 0 Å². The second-order valence-corrected chi connectivity index (χ2v) is 5.12. The molecule has 0 aliphatic heterocycles. The number of carboxylic acid groups (broad SMARTS) is 1. The SMILES string of the molecule is O=C(O)[C@@H](O)CCNS(=O)(=O)c1ccccc1. The maximum absolute atomic E-state index is 11.6. The van der Waals surface area contributed by atoms with Crippen molar-refractivity contribution in [3.63, 3.8) is 0 Å². The van der Waals surface area contributed by atoms with Gasteiger partial charge in [-0.2, -0.15) is 0 Å². The molecular formula is C10H13NO5S. The van der Waals surface area contributed by atoms with Gasteiger partial charge in [-0.1, -0.05) is 18.2 Å². The van der Waals surface area contributed by atoms with Gasteiger partial charge >= 0.3 is 5.97 Å². The first-order valence-electron chi connectivity index (χ1n) is 4.89. The standard InChI is InChI=1S/C10H13NO5S/c12-9(10(13)14)6-7-11-17(15,16)8-4-2-1-3-5-8/h1-5,9,11-12H,6-7H2,(H,13,14)/t9-/m0/s1. The molecule has 1 aromatic rings. The Hall–Kier alpha value is -1.44. The van der Waals surface area contributed by atoms with Crippen LogP contribution in [-0.2, 0) is 14.8 Å². The van der Waals surface area contributed by atoms with E-state index in [9.17, 15) is 13.2 Å². The van der Waals surface area contributed by atoms with Crippen LogP contribution in [0.5, 0.6) is 0 Å². The highest BCUT2D eigenvalue weighted by molar-refractivity contribution is 7.89. The molecule has 0 spiro atoms. The molecule has 0 saturated heterocycles. The van der Waals surface area contributed by atoms with Crippen molar-refractivity contribution in [2.45, 2.75) is 17.4 Å². The smallest absolute Gasteiger partial charge is 0.332 e. The maximum Gasteiger partial charge on any atom is 0.332 e. The summed E-state index contributed by atoms with van der Waals surface area (Å²) >= 11 is 0. The van der Waals surface area contributed by atoms with Gasteiger partial charge in [0, 0.05) is 6.54 Å². The fraction of sp³-hybridized carbons (Fsp3) is 0.300. The second kappa shape index (κ2) is 5.76. The Morgan fingerprint density at radius 2 is 1.88 bits per heavy atom. The molecule has 1 aromatic carbocycles. The first-order chi connectivity index (χ1) is 7.93. The number of rotatable bonds is 6. The summed E-state index contributed by atoms with van der Waals surface area (Å²) < 4.78 is 25.5. The average molecular weight is 259 g/mol. The van der Waals surface area contributed by atoms with E-state index in [0.29, 0.717) is 0 Å². The molecule has 17 heavy (non-hydrogen) atoms. The molecule has 0 aliphatic rings. The monoisotopic (exact) mass is 259 g/mol. The molecule has 1 atom stereocenters. The minimum atomic E-state index is -3.64. The summed E-state index contributed by atoms with van der Waals surface area (Å²) in [5, 5.41) is 17.4. The van der Waals surface area contributed by atoms with Crippen LogP contribution in [0.1, 0.15) is 6.42 Å². The molecule has 0 heterocycles. The molecule has 0 radical (unpaired) electrons. The van der Waals surface area contributed by atoms with E-state index in [0.717, 1.165) is 0 Å². The van der Waals surface area contributed by atoms with Gasteiger partial charge in [0.15, 0.2) is 6.10 Å². The van der Waals surface area contributed by atoms with Crippen molar-refractivity contribution in [1.82, 2.24) is 4.72 Å². The van der Waals surface area contributed by atoms with Gasteiger partial charge in [0.1, 0.15) is 0 Å². The third-order valence-corrected chi connectivity index (χ3v) is 3.53. The normalized spacial score (nSPS) is 13.2. The minimum Gasteiger partial charge on any atom is -0.479 e. The number of benzene rings is 1. The van der Waals surface area contributed by atoms with Crippen LogP contribution in [-0.4, -0.2) is 37.2 Å². The van der Waals surface area contributed by atoms with Gasteiger partial charge < -0.3 is 10.2 Å². The molecule has 0 unspecified atom stereocenters. The molecule has 0 amide bonds. The van der Waals surface area contributed by atoms with E-state index < -0.39 is 22.1 Å². The number of carboxylic acids is 1. The van der Waals surface area contributed by atoms with E-state index in [2.05, 4.69) is 4.72 Å². The highest BCUT2D eigenvalue weighted by atomic mass is 32.2. The zero-order chi connectivity index (χ0) is 12.9. The van der Waals surface area contributed by atoms with Crippen LogP contribution >= 0.6 is 0 Å². The molecule has 94 valence electrons. The molecule has 0 saturated carbocycles. The second-order valence-electron chi connectivity index (χ2n) is 3.35. The Morgan fingerprint density at radius 1 is 1.29 bits per heavy atom. The summed E-state index contributed by atoms with van der Waals surface area (Å²) in [5.74, 6) is -1.37. The highest BCUT2D eigenvalue weighted by Gasteiger charge is 2.16. The first kappa shape index (κ1) is 13.6. The van der Waals surface area contributed by atoms with Gasteiger partial charge in [-0.3, -0.25) is 0 Å². The summed E-state index contributed by atoms with van der Waals surface area (Å²) in [4.78, 5) is 10.4. The molecule has 0 aromatic heterocycles. The van der Waals surface area contributed by atoms with Gasteiger partial charge in [0.2, 0.25) is 10.0 Å². The summed E-state index contributed by atoms with van der Waals surface area (Å²) in [6.45, 7) is -0.134. The lowest BCUT2D eigenvalue weighted by Crippen LogP contribution is -2.30. The van der Waals surface area contributed by atoms with Gasteiger partial charge in [-0.05, 0) is 18.6 Å². The first-order valence-corrected chi connectivity index (χ1v) is 6.37. The van der Waals surface area contributed by atoms with Crippen molar-refractivity contribution < 1.29 is 23.4 Å². The number of nitrogens with one attached hydrogen (secondary N) is 1. The van der Waals surface area contributed by atoms with Crippen LogP contribution in [0, 0.1) is 0 Å². The molecular weight excluding hydrogens is 246 g/mol. The quantitative estimate of drug-likeness (QED) is 0.656. The highest BCUT2D eigenvalue weighted by Crippen LogP contribution is 2.06. The topological polar surface area (TPSA) is 104 Å². The van der Waals surface area contributed by atoms with E-state index in [1.807, 2.05) is 0 Å². The summed E-state index contributed by atoms with van der Waals surface area (Å²) in [6.07, 6.45) is -1.74. The number of carbonyl (C=O) groups is 1. The predicted octanol–water partition coefficient (Wildman–Crippen LogP) is -0.200. The van der Waals surface area contributed by atoms with E-state index in [-0.39, 0.29) is 17.9 Å². The molecule has 6 nitrogen and oxygen atoms in total. The Bertz CT molecular complexity index is 471. The maximum atomic E-state index is 11.6. The lowest BCUT2D eigenvalue weighted by atomic mass is 10.3. The molecule has 1 rings (SSSR count). The van der Waals surface area contributed by atoms with Crippen molar-refractivity contribution >= 4 is 16.0 Å². The van der Waals surface area contributed by atoms with Crippen molar-refractivity contribution in [3.05, 3.63) is 30.3 Å². The summed E-state index contributed by atoms with van der Waals surface area (Å²) in [5.41, 5.74) is 0. The number of aliphatic hydroxyl groups is 1. The largest absolute Gasteiger partial charge is 0.479 e. The zero-order valence-electron chi connectivity index (χ0n) is 8.91. The number of hydrogen-bond donors (Lipinski definition) is 3. The number of hydrogen-bond acceptors (Lipinski definition) is 4. The van der Waals surface area contributed by atoms with Crippen molar-refractivity contribution in [2.24, 2.45) is 0 Å². The van der Waals surface area contributed by atoms with Crippen LogP contribution in [0.25, 0.3) is 0 Å². The molecule has 0 aliphatic carbocycles. The molecule has 7 heteroatoms. The van der Waals surface area contributed by atoms with Crippen molar-refractivity contribution in [2.75, 3.05) is 6.54 Å². The van der Waals surface area contributed by atoms with Gasteiger partial charge in [-0.25, -0.2) is 17.9 Å². The van der Waals surface area contributed by atoms with Crippen LogP contribution < -0.4 is 4.72 Å². The average Bonchev–Trinajstić information content (AvgIpc) is 2.29. The van der Waals surface area contributed by atoms with E-state index in [1.54, 1.807) is 18.2 Å². The minimum absolute atomic E-state index is 0.102. The van der Waals surface area contributed by atoms with Crippen LogP contribution in [0.15, 0.2) is 35.2 Å². The lowest BCUT2D eigenvalue weighted by Gasteiger charge is -2.08. The number of sulfonamides is 1. The summed E-state index contributed by atoms with van der Waals surface area (Å²) in [6, 6.07) is 7.71. The van der Waals surface area contributed by atoms with Gasteiger partial charge in [0.05, 0.1) is 4.90 Å².